The molecule has 0 aliphatic rings. The van der Waals surface area contributed by atoms with Gasteiger partial charge in [0.2, 0.25) is 0 Å². The van der Waals surface area contributed by atoms with Crippen LogP contribution in [0.1, 0.15) is 48.3 Å². The van der Waals surface area contributed by atoms with Gasteiger partial charge in [-0.2, -0.15) is 0 Å². The van der Waals surface area contributed by atoms with Gasteiger partial charge in [-0.3, -0.25) is 4.98 Å². The molecule has 2 atom stereocenters. The van der Waals surface area contributed by atoms with Gasteiger partial charge in [-0.25, -0.2) is 4.98 Å². The quantitative estimate of drug-likeness (QED) is 0.895. The molecule has 2 aromatic rings. The summed E-state index contributed by atoms with van der Waals surface area (Å²) in [5.74, 6) is 0. The molecule has 0 radical (unpaired) electrons. The van der Waals surface area contributed by atoms with Crippen molar-refractivity contribution >= 4 is 11.3 Å². The molecule has 0 aromatic carbocycles. The normalized spacial score (nSPS) is 14.4. The van der Waals surface area contributed by atoms with Gasteiger partial charge in [0.25, 0.3) is 0 Å². The first-order chi connectivity index (χ1) is 8.70. The minimum atomic E-state index is 0.276. The predicted molar refractivity (Wildman–Crippen MR) is 75.7 cm³/mol. The Kier molecular flexibility index (Phi) is 4.44. The van der Waals surface area contributed by atoms with E-state index in [1.54, 1.807) is 11.3 Å². The summed E-state index contributed by atoms with van der Waals surface area (Å²) in [4.78, 5) is 9.86. The van der Waals surface area contributed by atoms with Crippen molar-refractivity contribution in [3.05, 3.63) is 46.2 Å². The molecule has 0 aliphatic carbocycles. The van der Waals surface area contributed by atoms with E-state index in [1.807, 2.05) is 30.7 Å². The van der Waals surface area contributed by atoms with Gasteiger partial charge in [-0.1, -0.05) is 6.92 Å². The second kappa shape index (κ2) is 6.07. The number of thiazole rings is 1. The summed E-state index contributed by atoms with van der Waals surface area (Å²) in [7, 11) is 0. The van der Waals surface area contributed by atoms with Crippen LogP contribution in [0.25, 0.3) is 0 Å². The summed E-state index contributed by atoms with van der Waals surface area (Å²) in [6.45, 7) is 6.49. The maximum absolute atomic E-state index is 4.48. The molecule has 0 fully saturated rings. The summed E-state index contributed by atoms with van der Waals surface area (Å²) in [6, 6.07) is 4.67. The largest absolute Gasteiger partial charge is 0.302 e. The van der Waals surface area contributed by atoms with E-state index < -0.39 is 0 Å². The lowest BCUT2D eigenvalue weighted by Gasteiger charge is -2.18. The Hall–Kier alpha value is -1.26. The maximum Gasteiger partial charge on any atom is 0.109 e. The van der Waals surface area contributed by atoms with Crippen LogP contribution in [0.5, 0.6) is 0 Å². The second-order valence-corrected chi connectivity index (χ2v) is 5.56. The Bertz CT molecular complexity index is 481. The van der Waals surface area contributed by atoms with E-state index in [-0.39, 0.29) is 6.04 Å². The van der Waals surface area contributed by atoms with Crippen LogP contribution in [-0.2, 0) is 6.42 Å². The van der Waals surface area contributed by atoms with Crippen LogP contribution >= 0.6 is 11.3 Å². The Morgan fingerprint density at radius 3 is 2.56 bits per heavy atom. The Labute approximate surface area is 112 Å². The van der Waals surface area contributed by atoms with E-state index in [0.29, 0.717) is 6.04 Å². The molecule has 2 rings (SSSR count). The van der Waals surface area contributed by atoms with Crippen molar-refractivity contribution in [2.75, 3.05) is 0 Å². The third kappa shape index (κ3) is 3.15. The molecular weight excluding hydrogens is 242 g/mol. The maximum atomic E-state index is 4.48. The molecule has 0 bridgehead atoms. The molecule has 96 valence electrons. The number of pyridine rings is 1. The average molecular weight is 261 g/mol. The number of rotatable bonds is 5. The van der Waals surface area contributed by atoms with E-state index in [2.05, 4.69) is 36.1 Å². The topological polar surface area (TPSA) is 37.8 Å². The number of hydrogen-bond acceptors (Lipinski definition) is 4. The Balaban J connectivity index is 2.01. The standard InChI is InChI=1S/C14H19N3S/c1-4-13-9-16-14(18-13)11(3)17-10(2)12-5-7-15-8-6-12/h5-11,17H,4H2,1-3H3. The fraction of sp³-hybridized carbons (Fsp3) is 0.429. The highest BCUT2D eigenvalue weighted by atomic mass is 32.1. The predicted octanol–water partition coefficient (Wildman–Crippen LogP) is 3.51. The second-order valence-electron chi connectivity index (χ2n) is 4.41. The van der Waals surface area contributed by atoms with Crippen LogP contribution in [0.15, 0.2) is 30.7 Å². The molecule has 2 unspecified atom stereocenters. The van der Waals surface area contributed by atoms with Crippen molar-refractivity contribution in [1.82, 2.24) is 15.3 Å². The number of aryl methyl sites for hydroxylation is 1. The van der Waals surface area contributed by atoms with Crippen LogP contribution < -0.4 is 5.32 Å². The van der Waals surface area contributed by atoms with Crippen LogP contribution in [0, 0.1) is 0 Å². The zero-order valence-electron chi connectivity index (χ0n) is 11.1. The van der Waals surface area contributed by atoms with Crippen LogP contribution in [-0.4, -0.2) is 9.97 Å². The van der Waals surface area contributed by atoms with Crippen molar-refractivity contribution < 1.29 is 0 Å². The highest BCUT2D eigenvalue weighted by Gasteiger charge is 2.13. The van der Waals surface area contributed by atoms with E-state index in [4.69, 9.17) is 0 Å². The van der Waals surface area contributed by atoms with Crippen LogP contribution in [0.4, 0.5) is 0 Å². The molecule has 2 heterocycles. The minimum Gasteiger partial charge on any atom is -0.302 e. The molecule has 0 saturated carbocycles. The molecule has 0 aliphatic heterocycles. The van der Waals surface area contributed by atoms with Crippen molar-refractivity contribution in [1.29, 1.82) is 0 Å². The first-order valence-electron chi connectivity index (χ1n) is 6.31. The fourth-order valence-electron chi connectivity index (χ4n) is 1.88. The molecule has 2 aromatic heterocycles. The number of aromatic nitrogens is 2. The number of hydrogen-bond donors (Lipinski definition) is 1. The highest BCUT2D eigenvalue weighted by molar-refractivity contribution is 7.11. The molecule has 1 N–H and O–H groups in total. The monoisotopic (exact) mass is 261 g/mol. The van der Waals surface area contributed by atoms with Crippen molar-refractivity contribution in [3.63, 3.8) is 0 Å². The van der Waals surface area contributed by atoms with Crippen molar-refractivity contribution in [2.45, 2.75) is 39.3 Å². The minimum absolute atomic E-state index is 0.276. The van der Waals surface area contributed by atoms with Gasteiger partial charge in [0, 0.05) is 29.5 Å². The number of nitrogens with zero attached hydrogens (tertiary/aromatic N) is 2. The van der Waals surface area contributed by atoms with Crippen LogP contribution in [0.2, 0.25) is 0 Å². The van der Waals surface area contributed by atoms with Gasteiger partial charge in [-0.15, -0.1) is 11.3 Å². The zero-order valence-corrected chi connectivity index (χ0v) is 11.9. The molecule has 3 nitrogen and oxygen atoms in total. The molecule has 4 heteroatoms. The smallest absolute Gasteiger partial charge is 0.109 e. The lowest BCUT2D eigenvalue weighted by atomic mass is 10.1. The van der Waals surface area contributed by atoms with Gasteiger partial charge >= 0.3 is 0 Å². The van der Waals surface area contributed by atoms with Gasteiger partial charge in [0.05, 0.1) is 6.04 Å². The van der Waals surface area contributed by atoms with Crippen molar-refractivity contribution in [2.24, 2.45) is 0 Å². The zero-order chi connectivity index (χ0) is 13.0. The molecule has 0 spiro atoms. The lowest BCUT2D eigenvalue weighted by molar-refractivity contribution is 0.493. The summed E-state index contributed by atoms with van der Waals surface area (Å²) in [5, 5.41) is 4.73. The Morgan fingerprint density at radius 2 is 1.94 bits per heavy atom. The van der Waals surface area contributed by atoms with E-state index >= 15 is 0 Å². The first-order valence-corrected chi connectivity index (χ1v) is 7.13. The summed E-state index contributed by atoms with van der Waals surface area (Å²) >= 11 is 1.79. The average Bonchev–Trinajstić information content (AvgIpc) is 2.88. The molecule has 0 saturated heterocycles. The lowest BCUT2D eigenvalue weighted by Crippen LogP contribution is -2.22. The van der Waals surface area contributed by atoms with E-state index in [0.717, 1.165) is 11.4 Å². The van der Waals surface area contributed by atoms with Gasteiger partial charge in [0.1, 0.15) is 5.01 Å². The molecular formula is C14H19N3S. The van der Waals surface area contributed by atoms with Crippen molar-refractivity contribution in [3.8, 4) is 0 Å². The SMILES string of the molecule is CCc1cnc(C(C)NC(C)c2ccncc2)s1. The van der Waals surface area contributed by atoms with E-state index in [9.17, 15) is 0 Å². The molecule has 0 amide bonds. The number of nitrogens with one attached hydrogen (secondary N) is 1. The summed E-state index contributed by atoms with van der Waals surface area (Å²) in [6.07, 6.45) is 6.70. The third-order valence-corrected chi connectivity index (χ3v) is 4.32. The summed E-state index contributed by atoms with van der Waals surface area (Å²) in [5.41, 5.74) is 1.25. The van der Waals surface area contributed by atoms with Crippen LogP contribution in [0.3, 0.4) is 0 Å². The van der Waals surface area contributed by atoms with Gasteiger partial charge in [0.15, 0.2) is 0 Å². The first kappa shape index (κ1) is 13.2. The fourth-order valence-corrected chi connectivity index (χ4v) is 2.75. The Morgan fingerprint density at radius 1 is 1.22 bits per heavy atom. The third-order valence-electron chi connectivity index (χ3n) is 3.00. The summed E-state index contributed by atoms with van der Waals surface area (Å²) < 4.78 is 0. The molecule has 18 heavy (non-hydrogen) atoms. The van der Waals surface area contributed by atoms with Gasteiger partial charge in [-0.05, 0) is 38.0 Å². The van der Waals surface area contributed by atoms with Gasteiger partial charge < -0.3 is 5.32 Å². The highest BCUT2D eigenvalue weighted by Crippen LogP contribution is 2.23. The van der Waals surface area contributed by atoms with E-state index in [1.165, 1.54) is 10.4 Å².